The molecule has 8 heteroatoms. The van der Waals surface area contributed by atoms with E-state index in [2.05, 4.69) is 21.1 Å². The number of piperidine rings is 1. The number of ether oxygens (including phenoxy) is 1. The topological polar surface area (TPSA) is 81.4 Å². The number of nitrogens with zero attached hydrogens (tertiary/aromatic N) is 4. The van der Waals surface area contributed by atoms with Gasteiger partial charge in [-0.2, -0.15) is 4.98 Å². The molecule has 0 aliphatic carbocycles. The Labute approximate surface area is 185 Å². The molecule has 0 N–H and O–H groups in total. The number of methoxy groups -OCH3 is 1. The summed E-state index contributed by atoms with van der Waals surface area (Å²) in [6.45, 7) is 0.591. The van der Waals surface area contributed by atoms with Gasteiger partial charge in [0.1, 0.15) is 0 Å². The Bertz CT molecular complexity index is 1000. The third-order valence-electron chi connectivity index (χ3n) is 6.50. The molecule has 2 aliphatic heterocycles. The lowest BCUT2D eigenvalue weighted by Gasteiger charge is -2.38. The van der Waals surface area contributed by atoms with Gasteiger partial charge in [0.2, 0.25) is 11.8 Å². The van der Waals surface area contributed by atoms with E-state index in [1.165, 1.54) is 4.70 Å². The van der Waals surface area contributed by atoms with Gasteiger partial charge in [0.25, 0.3) is 0 Å². The third kappa shape index (κ3) is 4.36. The fourth-order valence-electron chi connectivity index (χ4n) is 5.06. The number of para-hydroxylation sites is 1. The van der Waals surface area contributed by atoms with Crippen molar-refractivity contribution >= 4 is 27.5 Å². The molecule has 31 heavy (non-hydrogen) atoms. The number of hydrogen-bond donors (Lipinski definition) is 0. The number of aromatic nitrogens is 3. The predicted molar refractivity (Wildman–Crippen MR) is 118 cm³/mol. The monoisotopic (exact) mass is 440 g/mol. The third-order valence-corrected chi connectivity index (χ3v) is 7.60. The van der Waals surface area contributed by atoms with E-state index in [1.54, 1.807) is 18.4 Å². The van der Waals surface area contributed by atoms with Crippen molar-refractivity contribution in [2.45, 2.75) is 69.4 Å². The zero-order valence-corrected chi connectivity index (χ0v) is 18.6. The second-order valence-electron chi connectivity index (χ2n) is 8.57. The van der Waals surface area contributed by atoms with Gasteiger partial charge >= 0.3 is 0 Å². The Hall–Kier alpha value is -2.32. The number of carbonyl (C=O) groups excluding carboxylic acids is 1. The van der Waals surface area contributed by atoms with Crippen molar-refractivity contribution < 1.29 is 14.1 Å². The van der Waals surface area contributed by atoms with Crippen LogP contribution < -0.4 is 0 Å². The van der Waals surface area contributed by atoms with Gasteiger partial charge in [0.05, 0.1) is 21.8 Å². The maximum absolute atomic E-state index is 13.0. The number of benzene rings is 1. The highest BCUT2D eigenvalue weighted by Gasteiger charge is 2.44. The molecule has 2 saturated heterocycles. The van der Waals surface area contributed by atoms with E-state index in [1.807, 2.05) is 18.2 Å². The summed E-state index contributed by atoms with van der Waals surface area (Å²) < 4.78 is 11.8. The Morgan fingerprint density at radius 3 is 2.77 bits per heavy atom. The zero-order valence-electron chi connectivity index (χ0n) is 17.8. The number of rotatable bonds is 8. The minimum absolute atomic E-state index is 0.257. The fourth-order valence-corrected chi connectivity index (χ4v) is 6.07. The Kier molecular flexibility index (Phi) is 6.00. The highest BCUT2D eigenvalue weighted by atomic mass is 32.1. The maximum Gasteiger partial charge on any atom is 0.229 e. The standard InChI is InChI=1S/C23H28N4O3S/c1-29-12-11-20-25-23(30-26-20)15-13-16-9-10-17(14-15)27(16)22(28)8-4-7-21-24-18-5-2-3-6-19(18)31-21/h2-3,5-6,15-17H,4,7-14H2,1H3/t15?,16-,17+. The van der Waals surface area contributed by atoms with Crippen LogP contribution in [0.4, 0.5) is 0 Å². The summed E-state index contributed by atoms with van der Waals surface area (Å²) in [7, 11) is 1.67. The zero-order chi connectivity index (χ0) is 21.2. The van der Waals surface area contributed by atoms with Crippen molar-refractivity contribution in [3.8, 4) is 0 Å². The van der Waals surface area contributed by atoms with Crippen LogP contribution in [0.1, 0.15) is 61.2 Å². The molecule has 164 valence electrons. The molecule has 4 heterocycles. The molecule has 2 fully saturated rings. The summed E-state index contributed by atoms with van der Waals surface area (Å²) in [5.41, 5.74) is 1.06. The highest BCUT2D eigenvalue weighted by molar-refractivity contribution is 7.18. The Balaban J connectivity index is 1.15. The first-order chi connectivity index (χ1) is 15.2. The van der Waals surface area contributed by atoms with Gasteiger partial charge in [-0.3, -0.25) is 4.79 Å². The number of aryl methyl sites for hydroxylation is 1. The molecule has 5 rings (SSSR count). The first-order valence-electron chi connectivity index (χ1n) is 11.2. The molecule has 2 aromatic heterocycles. The van der Waals surface area contributed by atoms with Crippen LogP contribution in [0.15, 0.2) is 28.8 Å². The lowest BCUT2D eigenvalue weighted by Crippen LogP contribution is -2.46. The lowest BCUT2D eigenvalue weighted by atomic mass is 9.90. The number of hydrogen-bond acceptors (Lipinski definition) is 7. The molecular formula is C23H28N4O3S. The van der Waals surface area contributed by atoms with Gasteiger partial charge in [0.15, 0.2) is 5.82 Å². The average molecular weight is 441 g/mol. The minimum Gasteiger partial charge on any atom is -0.384 e. The van der Waals surface area contributed by atoms with Crippen molar-refractivity contribution in [2.24, 2.45) is 0 Å². The molecular weight excluding hydrogens is 412 g/mol. The summed E-state index contributed by atoms with van der Waals surface area (Å²) in [4.78, 5) is 24.5. The number of thiazole rings is 1. The van der Waals surface area contributed by atoms with Gasteiger partial charge in [-0.1, -0.05) is 17.3 Å². The largest absolute Gasteiger partial charge is 0.384 e. The van der Waals surface area contributed by atoms with Crippen LogP contribution in [0, 0.1) is 0 Å². The van der Waals surface area contributed by atoms with E-state index in [0.717, 1.165) is 54.9 Å². The second kappa shape index (κ2) is 9.04. The average Bonchev–Trinajstić information content (AvgIpc) is 3.48. The molecule has 2 bridgehead atoms. The maximum atomic E-state index is 13.0. The van der Waals surface area contributed by atoms with Crippen molar-refractivity contribution in [3.63, 3.8) is 0 Å². The van der Waals surface area contributed by atoms with Crippen molar-refractivity contribution in [1.82, 2.24) is 20.0 Å². The smallest absolute Gasteiger partial charge is 0.229 e. The SMILES string of the molecule is COCCc1noc(C2C[C@H]3CC[C@@H](C2)N3C(=O)CCCc2nc3ccccc3s2)n1. The summed E-state index contributed by atoms with van der Waals surface area (Å²) in [6.07, 6.45) is 6.98. The van der Waals surface area contributed by atoms with Crippen LogP contribution in [0.25, 0.3) is 10.2 Å². The lowest BCUT2D eigenvalue weighted by molar-refractivity contribution is -0.136. The molecule has 0 saturated carbocycles. The van der Waals surface area contributed by atoms with Gasteiger partial charge in [0, 0.05) is 38.0 Å². The molecule has 1 unspecified atom stereocenters. The molecule has 2 aliphatic rings. The fraction of sp³-hybridized carbons (Fsp3) is 0.565. The van der Waals surface area contributed by atoms with Crippen LogP contribution in [-0.4, -0.2) is 51.7 Å². The van der Waals surface area contributed by atoms with Crippen molar-refractivity contribution in [2.75, 3.05) is 13.7 Å². The van der Waals surface area contributed by atoms with Crippen LogP contribution in [0.5, 0.6) is 0 Å². The predicted octanol–water partition coefficient (Wildman–Crippen LogP) is 4.13. The van der Waals surface area contributed by atoms with E-state index in [0.29, 0.717) is 43.3 Å². The van der Waals surface area contributed by atoms with Crippen molar-refractivity contribution in [3.05, 3.63) is 41.0 Å². The van der Waals surface area contributed by atoms with E-state index >= 15 is 0 Å². The van der Waals surface area contributed by atoms with E-state index < -0.39 is 0 Å². The first-order valence-corrected chi connectivity index (χ1v) is 12.0. The van der Waals surface area contributed by atoms with Gasteiger partial charge in [-0.25, -0.2) is 4.98 Å². The molecule has 0 spiro atoms. The van der Waals surface area contributed by atoms with Gasteiger partial charge in [-0.15, -0.1) is 11.3 Å². The highest BCUT2D eigenvalue weighted by Crippen LogP contribution is 2.43. The molecule has 0 radical (unpaired) electrons. The Morgan fingerprint density at radius 2 is 2.00 bits per heavy atom. The molecule has 7 nitrogen and oxygen atoms in total. The van der Waals surface area contributed by atoms with Crippen LogP contribution in [0.3, 0.4) is 0 Å². The number of amides is 1. The molecule has 1 amide bonds. The quantitative estimate of drug-likeness (QED) is 0.524. The number of carbonyl (C=O) groups is 1. The summed E-state index contributed by atoms with van der Waals surface area (Å²) in [5.74, 6) is 1.98. The van der Waals surface area contributed by atoms with Crippen LogP contribution >= 0.6 is 11.3 Å². The summed E-state index contributed by atoms with van der Waals surface area (Å²) in [5, 5.41) is 5.21. The normalized spacial score (nSPS) is 23.0. The molecule has 3 atom stereocenters. The van der Waals surface area contributed by atoms with Crippen LogP contribution in [0.2, 0.25) is 0 Å². The first kappa shape index (κ1) is 20.6. The summed E-state index contributed by atoms with van der Waals surface area (Å²) >= 11 is 1.74. The van der Waals surface area contributed by atoms with E-state index in [4.69, 9.17) is 14.2 Å². The van der Waals surface area contributed by atoms with E-state index in [9.17, 15) is 4.79 Å². The van der Waals surface area contributed by atoms with Gasteiger partial charge < -0.3 is 14.2 Å². The number of fused-ring (bicyclic) bond motifs is 3. The van der Waals surface area contributed by atoms with E-state index in [-0.39, 0.29) is 5.92 Å². The Morgan fingerprint density at radius 1 is 1.19 bits per heavy atom. The van der Waals surface area contributed by atoms with Crippen molar-refractivity contribution in [1.29, 1.82) is 0 Å². The molecule has 1 aromatic carbocycles. The second-order valence-corrected chi connectivity index (χ2v) is 9.69. The summed E-state index contributed by atoms with van der Waals surface area (Å²) in [6, 6.07) is 8.81. The van der Waals surface area contributed by atoms with Gasteiger partial charge in [-0.05, 0) is 50.7 Å². The van der Waals surface area contributed by atoms with Crippen LogP contribution in [-0.2, 0) is 22.4 Å². The molecule has 3 aromatic rings. The minimum atomic E-state index is 0.257.